The van der Waals surface area contributed by atoms with Gasteiger partial charge in [-0.25, -0.2) is 0 Å². The number of benzene rings is 1. The Kier molecular flexibility index (Phi) is 5.13. The van der Waals surface area contributed by atoms with E-state index in [0.29, 0.717) is 13.2 Å². The van der Waals surface area contributed by atoms with Gasteiger partial charge in [0.15, 0.2) is 0 Å². The minimum absolute atomic E-state index is 0.0961. The molecule has 98 valence electrons. The third kappa shape index (κ3) is 3.53. The van der Waals surface area contributed by atoms with Crippen molar-refractivity contribution in [3.8, 4) is 0 Å². The fraction of sp³-hybridized carbons (Fsp3) is 0.429. The molecule has 0 aliphatic rings. The largest absolute Gasteiger partial charge is 0.394 e. The minimum atomic E-state index is 0.0961. The van der Waals surface area contributed by atoms with E-state index in [0.717, 1.165) is 13.1 Å². The van der Waals surface area contributed by atoms with Crippen molar-refractivity contribution in [1.29, 1.82) is 0 Å². The topological polar surface area (TPSA) is 32.7 Å². The highest BCUT2D eigenvalue weighted by Crippen LogP contribution is 2.26. The number of likely N-dealkylation sites (N-methyl/N-ethyl adjacent to an activating group) is 1. The van der Waals surface area contributed by atoms with Crippen molar-refractivity contribution in [3.63, 3.8) is 0 Å². The van der Waals surface area contributed by atoms with E-state index in [4.69, 9.17) is 9.84 Å². The number of rotatable bonds is 7. The summed E-state index contributed by atoms with van der Waals surface area (Å²) in [5, 5.41) is 12.2. The van der Waals surface area contributed by atoms with Crippen LogP contribution in [-0.4, -0.2) is 43.4 Å². The molecule has 0 amide bonds. The third-order valence-corrected chi connectivity index (χ3v) is 3.87. The Labute approximate surface area is 112 Å². The maximum Gasteiger partial charge on any atom is 0.0698 e. The number of nitrogens with zero attached hydrogens (tertiary/aromatic N) is 1. The summed E-state index contributed by atoms with van der Waals surface area (Å²) in [6.07, 6.45) is 0. The normalized spacial score (nSPS) is 11.5. The first kappa shape index (κ1) is 13.5. The number of aliphatic hydroxyl groups excluding tert-OH is 1. The second-order valence-electron chi connectivity index (χ2n) is 4.33. The molecule has 0 spiro atoms. The molecule has 1 aromatic heterocycles. The lowest BCUT2D eigenvalue weighted by atomic mass is 10.2. The monoisotopic (exact) mass is 265 g/mol. The van der Waals surface area contributed by atoms with Crippen LogP contribution in [0.3, 0.4) is 0 Å². The number of ether oxygens (including phenoxy) is 1. The summed E-state index contributed by atoms with van der Waals surface area (Å²) in [5.41, 5.74) is 1.38. The molecular formula is C14H19NO2S. The molecule has 4 heteroatoms. The molecule has 2 rings (SSSR count). The summed E-state index contributed by atoms with van der Waals surface area (Å²) in [7, 11) is 2.09. The fourth-order valence-corrected chi connectivity index (χ4v) is 2.87. The minimum Gasteiger partial charge on any atom is -0.394 e. The number of fused-ring (bicyclic) bond motifs is 1. The van der Waals surface area contributed by atoms with Crippen molar-refractivity contribution >= 4 is 21.4 Å². The van der Waals surface area contributed by atoms with Crippen molar-refractivity contribution < 1.29 is 9.84 Å². The van der Waals surface area contributed by atoms with Crippen LogP contribution in [-0.2, 0) is 11.3 Å². The van der Waals surface area contributed by atoms with Gasteiger partial charge in [-0.2, -0.15) is 0 Å². The predicted molar refractivity (Wildman–Crippen MR) is 76.1 cm³/mol. The smallest absolute Gasteiger partial charge is 0.0698 e. The highest BCUT2D eigenvalue weighted by atomic mass is 32.1. The Bertz CT molecular complexity index is 483. The van der Waals surface area contributed by atoms with E-state index in [2.05, 4.69) is 41.6 Å². The molecule has 0 aliphatic heterocycles. The van der Waals surface area contributed by atoms with Gasteiger partial charge in [-0.15, -0.1) is 11.3 Å². The maximum absolute atomic E-state index is 8.62. The summed E-state index contributed by atoms with van der Waals surface area (Å²) in [6.45, 7) is 3.00. The summed E-state index contributed by atoms with van der Waals surface area (Å²) in [4.78, 5) is 2.24. The van der Waals surface area contributed by atoms with Crippen molar-refractivity contribution in [3.05, 3.63) is 35.2 Å². The van der Waals surface area contributed by atoms with Gasteiger partial charge in [0.2, 0.25) is 0 Å². The van der Waals surface area contributed by atoms with Crippen molar-refractivity contribution in [2.24, 2.45) is 0 Å². The Morgan fingerprint density at radius 2 is 2.11 bits per heavy atom. The Hall–Kier alpha value is -0.940. The van der Waals surface area contributed by atoms with Gasteiger partial charge in [-0.1, -0.05) is 18.2 Å². The van der Waals surface area contributed by atoms with E-state index in [-0.39, 0.29) is 6.61 Å². The summed E-state index contributed by atoms with van der Waals surface area (Å²) in [5.74, 6) is 0. The van der Waals surface area contributed by atoms with Crippen molar-refractivity contribution in [2.45, 2.75) is 6.54 Å². The van der Waals surface area contributed by atoms with Crippen LogP contribution in [0.1, 0.15) is 5.56 Å². The molecule has 18 heavy (non-hydrogen) atoms. The molecule has 0 radical (unpaired) electrons. The maximum atomic E-state index is 8.62. The average Bonchev–Trinajstić information content (AvgIpc) is 2.78. The molecule has 1 aromatic carbocycles. The molecule has 2 aromatic rings. The lowest BCUT2D eigenvalue weighted by Crippen LogP contribution is -2.23. The summed E-state index contributed by atoms with van der Waals surface area (Å²) >= 11 is 1.80. The highest BCUT2D eigenvalue weighted by molar-refractivity contribution is 7.17. The predicted octanol–water partition coefficient (Wildman–Crippen LogP) is 2.34. The van der Waals surface area contributed by atoms with E-state index >= 15 is 0 Å². The number of hydrogen-bond donors (Lipinski definition) is 1. The van der Waals surface area contributed by atoms with E-state index in [1.54, 1.807) is 11.3 Å². The van der Waals surface area contributed by atoms with Crippen LogP contribution in [0.2, 0.25) is 0 Å². The molecule has 0 unspecified atom stereocenters. The molecule has 0 aliphatic carbocycles. The van der Waals surface area contributed by atoms with Crippen LogP contribution in [0.25, 0.3) is 10.1 Å². The summed E-state index contributed by atoms with van der Waals surface area (Å²) < 4.78 is 6.62. The molecular weight excluding hydrogens is 246 g/mol. The molecule has 0 saturated heterocycles. The van der Waals surface area contributed by atoms with Gasteiger partial charge in [-0.05, 0) is 29.4 Å². The molecule has 0 bridgehead atoms. The van der Waals surface area contributed by atoms with E-state index < -0.39 is 0 Å². The first-order valence-corrected chi connectivity index (χ1v) is 7.01. The zero-order chi connectivity index (χ0) is 12.8. The first-order chi connectivity index (χ1) is 8.81. The zero-order valence-corrected chi connectivity index (χ0v) is 11.4. The van der Waals surface area contributed by atoms with Gasteiger partial charge >= 0.3 is 0 Å². The molecule has 1 N–H and O–H groups in total. The van der Waals surface area contributed by atoms with Gasteiger partial charge < -0.3 is 9.84 Å². The zero-order valence-electron chi connectivity index (χ0n) is 10.6. The lowest BCUT2D eigenvalue weighted by Gasteiger charge is -2.16. The summed E-state index contributed by atoms with van der Waals surface area (Å²) in [6, 6.07) is 8.50. The highest BCUT2D eigenvalue weighted by Gasteiger charge is 2.06. The first-order valence-electron chi connectivity index (χ1n) is 6.13. The van der Waals surface area contributed by atoms with Gasteiger partial charge in [-0.3, -0.25) is 4.90 Å². The van der Waals surface area contributed by atoms with Crippen LogP contribution in [0.15, 0.2) is 29.6 Å². The SMILES string of the molecule is CN(CCOCCO)Cc1csc2ccccc12. The number of thiophene rings is 1. The Balaban J connectivity index is 1.88. The second-order valence-corrected chi connectivity index (χ2v) is 5.24. The Morgan fingerprint density at radius 1 is 1.28 bits per heavy atom. The quantitative estimate of drug-likeness (QED) is 0.780. The van der Waals surface area contributed by atoms with Crippen LogP contribution in [0, 0.1) is 0 Å². The molecule has 0 saturated carbocycles. The van der Waals surface area contributed by atoms with E-state index in [1.807, 2.05) is 0 Å². The molecule has 0 atom stereocenters. The Morgan fingerprint density at radius 3 is 2.94 bits per heavy atom. The molecule has 3 nitrogen and oxygen atoms in total. The van der Waals surface area contributed by atoms with Gasteiger partial charge in [0.1, 0.15) is 0 Å². The second kappa shape index (κ2) is 6.85. The van der Waals surface area contributed by atoms with Crippen LogP contribution >= 0.6 is 11.3 Å². The van der Waals surface area contributed by atoms with Gasteiger partial charge in [0.05, 0.1) is 19.8 Å². The number of aliphatic hydroxyl groups is 1. The van der Waals surface area contributed by atoms with E-state index in [1.165, 1.54) is 15.6 Å². The van der Waals surface area contributed by atoms with Crippen LogP contribution in [0.5, 0.6) is 0 Å². The molecule has 1 heterocycles. The third-order valence-electron chi connectivity index (χ3n) is 2.85. The van der Waals surface area contributed by atoms with Crippen molar-refractivity contribution in [2.75, 3.05) is 33.4 Å². The van der Waals surface area contributed by atoms with Gasteiger partial charge in [0, 0.05) is 17.8 Å². The lowest BCUT2D eigenvalue weighted by molar-refractivity contribution is 0.0774. The van der Waals surface area contributed by atoms with Gasteiger partial charge in [0.25, 0.3) is 0 Å². The average molecular weight is 265 g/mol. The van der Waals surface area contributed by atoms with Crippen LogP contribution < -0.4 is 0 Å². The molecule has 0 fully saturated rings. The number of hydrogen-bond acceptors (Lipinski definition) is 4. The van der Waals surface area contributed by atoms with Crippen LogP contribution in [0.4, 0.5) is 0 Å². The van der Waals surface area contributed by atoms with Crippen molar-refractivity contribution in [1.82, 2.24) is 4.90 Å². The standard InChI is InChI=1S/C14H19NO2S/c1-15(6-8-17-9-7-16)10-12-11-18-14-5-3-2-4-13(12)14/h2-5,11,16H,6-10H2,1H3. The fourth-order valence-electron chi connectivity index (χ4n) is 1.91. The van der Waals surface area contributed by atoms with E-state index in [9.17, 15) is 0 Å².